The molecule has 0 unspecified atom stereocenters. The Morgan fingerprint density at radius 2 is 1.44 bits per heavy atom. The molecule has 0 aromatic carbocycles. The second-order valence-corrected chi connectivity index (χ2v) is 4.52. The monoisotopic (exact) mass is 222 g/mol. The molecule has 1 aliphatic heterocycles. The van der Waals surface area contributed by atoms with E-state index in [1.165, 1.54) is 44.3 Å². The number of nitrogens with zero attached hydrogens (tertiary/aromatic N) is 1. The molecule has 0 atom stereocenters. The fraction of sp³-hybridized carbons (Fsp3) is 0.667. The normalized spacial score (nSPS) is 23.6. The van der Waals surface area contributed by atoms with Crippen molar-refractivity contribution in [3.05, 3.63) is 12.2 Å². The van der Waals surface area contributed by atoms with E-state index in [0.29, 0.717) is 0 Å². The first-order valence-corrected chi connectivity index (χ1v) is 6.09. The predicted octanol–water partition coefficient (Wildman–Crippen LogP) is 1.53. The molecule has 1 N–H and O–H groups in total. The SMILES string of the molecule is O=C1C=CC(=O)N1NC1CCCCCCC1. The summed E-state index contributed by atoms with van der Waals surface area (Å²) in [5.41, 5.74) is 3.06. The molecule has 1 aliphatic carbocycles. The maximum Gasteiger partial charge on any atom is 0.268 e. The highest BCUT2D eigenvalue weighted by Crippen LogP contribution is 2.18. The summed E-state index contributed by atoms with van der Waals surface area (Å²) in [4.78, 5) is 22.7. The van der Waals surface area contributed by atoms with Crippen molar-refractivity contribution >= 4 is 11.8 Å². The van der Waals surface area contributed by atoms with Crippen molar-refractivity contribution in [1.82, 2.24) is 10.4 Å². The number of rotatable bonds is 2. The third-order valence-corrected chi connectivity index (χ3v) is 3.23. The molecule has 4 heteroatoms. The Kier molecular flexibility index (Phi) is 3.72. The highest BCUT2D eigenvalue weighted by atomic mass is 16.2. The lowest BCUT2D eigenvalue weighted by molar-refractivity contribution is -0.141. The summed E-state index contributed by atoms with van der Waals surface area (Å²) in [6.07, 6.45) is 10.9. The van der Waals surface area contributed by atoms with Gasteiger partial charge in [-0.15, -0.1) is 0 Å². The molecule has 0 aromatic rings. The van der Waals surface area contributed by atoms with Crippen LogP contribution < -0.4 is 5.43 Å². The van der Waals surface area contributed by atoms with Gasteiger partial charge in [-0.2, -0.15) is 0 Å². The molecule has 2 aliphatic rings. The maximum atomic E-state index is 11.4. The highest BCUT2D eigenvalue weighted by Gasteiger charge is 2.26. The molecule has 4 nitrogen and oxygen atoms in total. The van der Waals surface area contributed by atoms with E-state index in [1.807, 2.05) is 0 Å². The van der Waals surface area contributed by atoms with Gasteiger partial charge in [0.15, 0.2) is 0 Å². The molecule has 0 radical (unpaired) electrons. The third kappa shape index (κ3) is 2.70. The lowest BCUT2D eigenvalue weighted by Gasteiger charge is -2.25. The Bertz CT molecular complexity index is 286. The lowest BCUT2D eigenvalue weighted by Crippen LogP contribution is -2.48. The first kappa shape index (κ1) is 11.3. The number of carbonyl (C=O) groups is 2. The minimum absolute atomic E-state index is 0.243. The smallest absolute Gasteiger partial charge is 0.268 e. The topological polar surface area (TPSA) is 49.4 Å². The van der Waals surface area contributed by atoms with E-state index < -0.39 is 0 Å². The van der Waals surface area contributed by atoms with Crippen molar-refractivity contribution in [1.29, 1.82) is 0 Å². The number of carbonyl (C=O) groups excluding carboxylic acids is 2. The molecule has 16 heavy (non-hydrogen) atoms. The lowest BCUT2D eigenvalue weighted by atomic mass is 9.97. The summed E-state index contributed by atoms with van der Waals surface area (Å²) in [5.74, 6) is -0.487. The fourth-order valence-electron chi connectivity index (χ4n) is 2.30. The molecule has 0 aromatic heterocycles. The number of hydrogen-bond acceptors (Lipinski definition) is 3. The Labute approximate surface area is 95.7 Å². The molecular weight excluding hydrogens is 204 g/mol. The molecular formula is C12H18N2O2. The van der Waals surface area contributed by atoms with Crippen LogP contribution in [0.25, 0.3) is 0 Å². The Hall–Kier alpha value is -1.16. The fourth-order valence-corrected chi connectivity index (χ4v) is 2.30. The third-order valence-electron chi connectivity index (χ3n) is 3.23. The van der Waals surface area contributed by atoms with Crippen molar-refractivity contribution in [2.45, 2.75) is 51.0 Å². The molecule has 0 spiro atoms. The van der Waals surface area contributed by atoms with Crippen molar-refractivity contribution in [2.75, 3.05) is 0 Å². The van der Waals surface area contributed by atoms with Gasteiger partial charge >= 0.3 is 0 Å². The summed E-state index contributed by atoms with van der Waals surface area (Å²) in [6, 6.07) is 0.271. The van der Waals surface area contributed by atoms with Gasteiger partial charge < -0.3 is 0 Å². The van der Waals surface area contributed by atoms with Crippen LogP contribution in [0.2, 0.25) is 0 Å². The number of nitrogens with one attached hydrogen (secondary N) is 1. The van der Waals surface area contributed by atoms with Gasteiger partial charge in [0.25, 0.3) is 11.8 Å². The van der Waals surface area contributed by atoms with Crippen LogP contribution in [0.1, 0.15) is 44.9 Å². The number of hydrogen-bond donors (Lipinski definition) is 1. The standard InChI is InChI=1S/C12H18N2O2/c15-11-8-9-12(16)14(11)13-10-6-4-2-1-3-5-7-10/h8-10,13H,1-7H2. The summed E-state index contributed by atoms with van der Waals surface area (Å²) in [7, 11) is 0. The first-order chi connectivity index (χ1) is 7.77. The minimum atomic E-state index is -0.243. The summed E-state index contributed by atoms with van der Waals surface area (Å²) in [6.45, 7) is 0. The quantitative estimate of drug-likeness (QED) is 0.721. The molecule has 1 heterocycles. The van der Waals surface area contributed by atoms with Crippen LogP contribution >= 0.6 is 0 Å². The van der Waals surface area contributed by atoms with Gasteiger partial charge in [0.2, 0.25) is 0 Å². The zero-order chi connectivity index (χ0) is 11.4. The van der Waals surface area contributed by atoms with Crippen LogP contribution in [0.15, 0.2) is 12.2 Å². The molecule has 2 rings (SSSR count). The van der Waals surface area contributed by atoms with E-state index in [2.05, 4.69) is 5.43 Å². The average Bonchev–Trinajstić information content (AvgIpc) is 2.53. The van der Waals surface area contributed by atoms with Crippen molar-refractivity contribution in [3.63, 3.8) is 0 Å². The molecule has 0 saturated heterocycles. The van der Waals surface area contributed by atoms with Gasteiger partial charge in [-0.05, 0) is 12.8 Å². The molecule has 0 bridgehead atoms. The van der Waals surface area contributed by atoms with Gasteiger partial charge in [0.1, 0.15) is 0 Å². The van der Waals surface area contributed by atoms with Crippen molar-refractivity contribution in [2.24, 2.45) is 0 Å². The second kappa shape index (κ2) is 5.25. The van der Waals surface area contributed by atoms with Gasteiger partial charge in [-0.3, -0.25) is 9.59 Å². The van der Waals surface area contributed by atoms with E-state index in [9.17, 15) is 9.59 Å². The summed E-state index contributed by atoms with van der Waals surface area (Å²) < 4.78 is 0. The van der Waals surface area contributed by atoms with E-state index >= 15 is 0 Å². The van der Waals surface area contributed by atoms with Gasteiger partial charge in [0.05, 0.1) is 0 Å². The Morgan fingerprint density at radius 1 is 0.938 bits per heavy atom. The summed E-state index contributed by atoms with van der Waals surface area (Å²) in [5, 5.41) is 1.15. The van der Waals surface area contributed by atoms with Crippen LogP contribution in [0.3, 0.4) is 0 Å². The van der Waals surface area contributed by atoms with Crippen LogP contribution in [0.5, 0.6) is 0 Å². The maximum absolute atomic E-state index is 11.4. The minimum Gasteiger partial charge on any atom is -0.268 e. The zero-order valence-electron chi connectivity index (χ0n) is 9.45. The number of amides is 2. The summed E-state index contributed by atoms with van der Waals surface area (Å²) >= 11 is 0. The Morgan fingerprint density at radius 3 is 2.00 bits per heavy atom. The van der Waals surface area contributed by atoms with Crippen LogP contribution in [-0.2, 0) is 9.59 Å². The largest absolute Gasteiger partial charge is 0.268 e. The van der Waals surface area contributed by atoms with Crippen LogP contribution in [0, 0.1) is 0 Å². The van der Waals surface area contributed by atoms with Gasteiger partial charge in [-0.1, -0.05) is 32.1 Å². The van der Waals surface area contributed by atoms with Gasteiger partial charge in [-0.25, -0.2) is 10.4 Å². The van der Waals surface area contributed by atoms with Crippen LogP contribution in [-0.4, -0.2) is 22.9 Å². The van der Waals surface area contributed by atoms with E-state index in [0.717, 1.165) is 17.9 Å². The molecule has 1 saturated carbocycles. The predicted molar refractivity (Wildman–Crippen MR) is 60.2 cm³/mol. The van der Waals surface area contributed by atoms with E-state index in [4.69, 9.17) is 0 Å². The second-order valence-electron chi connectivity index (χ2n) is 4.52. The molecule has 88 valence electrons. The van der Waals surface area contributed by atoms with Crippen molar-refractivity contribution < 1.29 is 9.59 Å². The van der Waals surface area contributed by atoms with Crippen LogP contribution in [0.4, 0.5) is 0 Å². The number of hydrazine groups is 1. The molecule has 2 amide bonds. The van der Waals surface area contributed by atoms with Gasteiger partial charge in [0, 0.05) is 18.2 Å². The van der Waals surface area contributed by atoms with Crippen molar-refractivity contribution in [3.8, 4) is 0 Å². The van der Waals surface area contributed by atoms with E-state index in [1.54, 1.807) is 0 Å². The highest BCUT2D eigenvalue weighted by molar-refractivity contribution is 6.12. The Balaban J connectivity index is 1.87. The van der Waals surface area contributed by atoms with E-state index in [-0.39, 0.29) is 17.9 Å². The average molecular weight is 222 g/mol. The zero-order valence-corrected chi connectivity index (χ0v) is 9.45. The molecule has 1 fully saturated rings. The number of imide groups is 1. The first-order valence-electron chi connectivity index (χ1n) is 6.09.